The molecular weight excluding hydrogens is 268 g/mol. The molecule has 0 aromatic carbocycles. The van der Waals surface area contributed by atoms with E-state index < -0.39 is 0 Å². The normalized spacial score (nSPS) is 11.6. The third-order valence-electron chi connectivity index (χ3n) is 3.17. The van der Waals surface area contributed by atoms with E-state index in [0.717, 1.165) is 22.9 Å². The third-order valence-corrected chi connectivity index (χ3v) is 4.29. The average Bonchev–Trinajstić information content (AvgIpc) is 2.73. The van der Waals surface area contributed by atoms with Gasteiger partial charge in [0.25, 0.3) is 11.1 Å². The topological polar surface area (TPSA) is 43.0 Å². The summed E-state index contributed by atoms with van der Waals surface area (Å²) < 4.78 is 3.10. The predicted molar refractivity (Wildman–Crippen MR) is 78.5 cm³/mol. The van der Waals surface area contributed by atoms with Gasteiger partial charge in [0, 0.05) is 22.6 Å². The first kappa shape index (κ1) is 13.5. The zero-order chi connectivity index (χ0) is 13.4. The number of fused-ring (bicyclic) bond motifs is 1. The summed E-state index contributed by atoms with van der Waals surface area (Å²) in [6.07, 6.45) is 3.99. The summed E-state index contributed by atoms with van der Waals surface area (Å²) in [5, 5.41) is 0. The lowest BCUT2D eigenvalue weighted by Crippen LogP contribution is -2.23. The van der Waals surface area contributed by atoms with Gasteiger partial charge in [0.2, 0.25) is 0 Å². The van der Waals surface area contributed by atoms with Crippen LogP contribution in [0.2, 0.25) is 0 Å². The molecule has 18 heavy (non-hydrogen) atoms. The highest BCUT2D eigenvalue weighted by Crippen LogP contribution is 2.18. The first-order valence-corrected chi connectivity index (χ1v) is 8.39. The molecule has 0 saturated heterocycles. The predicted octanol–water partition coefficient (Wildman–Crippen LogP) is 1.54. The van der Waals surface area contributed by atoms with Crippen LogP contribution in [-0.4, -0.2) is 21.5 Å². The van der Waals surface area contributed by atoms with Crippen LogP contribution in [0.15, 0.2) is 9.59 Å². The molecule has 0 unspecified atom stereocenters. The summed E-state index contributed by atoms with van der Waals surface area (Å²) in [6.45, 7) is 3.59. The molecule has 2 rings (SSSR count). The van der Waals surface area contributed by atoms with Crippen LogP contribution in [0.4, 0.5) is 0 Å². The van der Waals surface area contributed by atoms with E-state index >= 15 is 0 Å². The number of hydrogen-bond acceptors (Lipinski definition) is 4. The fraction of sp³-hybridized carbons (Fsp3) is 0.500. The van der Waals surface area contributed by atoms with E-state index in [-0.39, 0.29) is 11.1 Å². The standard InChI is InChI=1S/C12H16N2O2S2/c1-7-9(5-17-3)13-10(6-18-4)8(2)12(16)14(13)11(7)15/h5-6H2,1-4H3. The molecule has 0 amide bonds. The maximum atomic E-state index is 12.1. The molecule has 4 nitrogen and oxygen atoms in total. The van der Waals surface area contributed by atoms with E-state index in [1.807, 2.05) is 17.0 Å². The Morgan fingerprint density at radius 3 is 1.56 bits per heavy atom. The van der Waals surface area contributed by atoms with E-state index in [4.69, 9.17) is 0 Å². The zero-order valence-electron chi connectivity index (χ0n) is 10.9. The lowest BCUT2D eigenvalue weighted by molar-refractivity contribution is 0.762. The molecule has 0 radical (unpaired) electrons. The molecule has 0 aliphatic rings. The second kappa shape index (κ2) is 5.01. The van der Waals surface area contributed by atoms with Gasteiger partial charge in [-0.2, -0.15) is 28.0 Å². The average molecular weight is 284 g/mol. The molecule has 0 aliphatic carbocycles. The first-order chi connectivity index (χ1) is 8.54. The monoisotopic (exact) mass is 284 g/mol. The van der Waals surface area contributed by atoms with Crippen molar-refractivity contribution >= 4 is 23.5 Å². The number of nitrogens with zero attached hydrogens (tertiary/aromatic N) is 2. The molecule has 2 aromatic heterocycles. The van der Waals surface area contributed by atoms with Gasteiger partial charge in [-0.3, -0.25) is 9.59 Å². The number of thioether (sulfide) groups is 2. The Hall–Kier alpha value is -0.880. The molecule has 0 aliphatic heterocycles. The largest absolute Gasteiger partial charge is 0.277 e. The van der Waals surface area contributed by atoms with Crippen LogP contribution in [-0.2, 0) is 11.5 Å². The van der Waals surface area contributed by atoms with Gasteiger partial charge in [-0.15, -0.1) is 0 Å². The summed E-state index contributed by atoms with van der Waals surface area (Å²) in [6, 6.07) is 0. The molecule has 6 heteroatoms. The summed E-state index contributed by atoms with van der Waals surface area (Å²) in [5.41, 5.74) is 2.90. The van der Waals surface area contributed by atoms with Crippen molar-refractivity contribution < 1.29 is 0 Å². The van der Waals surface area contributed by atoms with Crippen molar-refractivity contribution in [3.05, 3.63) is 43.2 Å². The Morgan fingerprint density at radius 2 is 1.22 bits per heavy atom. The molecule has 98 valence electrons. The highest BCUT2D eigenvalue weighted by molar-refractivity contribution is 7.98. The summed E-state index contributed by atoms with van der Waals surface area (Å²) in [4.78, 5) is 24.3. The van der Waals surface area contributed by atoms with Crippen LogP contribution in [0.5, 0.6) is 0 Å². The maximum absolute atomic E-state index is 12.1. The molecule has 0 spiro atoms. The van der Waals surface area contributed by atoms with Crippen LogP contribution in [0.1, 0.15) is 22.5 Å². The Balaban J connectivity index is 2.92. The van der Waals surface area contributed by atoms with Crippen LogP contribution in [0.3, 0.4) is 0 Å². The summed E-state index contributed by atoms with van der Waals surface area (Å²) >= 11 is 3.31. The molecule has 0 fully saturated rings. The van der Waals surface area contributed by atoms with Gasteiger partial charge in [-0.05, 0) is 26.4 Å². The van der Waals surface area contributed by atoms with Gasteiger partial charge in [-0.1, -0.05) is 0 Å². The molecule has 2 aromatic rings. The Kier molecular flexibility index (Phi) is 3.77. The minimum absolute atomic E-state index is 0.181. The number of aromatic nitrogens is 2. The lowest BCUT2D eigenvalue weighted by atomic mass is 10.2. The van der Waals surface area contributed by atoms with Crippen molar-refractivity contribution in [1.82, 2.24) is 9.03 Å². The second-order valence-electron chi connectivity index (χ2n) is 4.24. The van der Waals surface area contributed by atoms with Crippen LogP contribution in [0, 0.1) is 13.8 Å². The van der Waals surface area contributed by atoms with Crippen molar-refractivity contribution in [3.63, 3.8) is 0 Å². The molecular formula is C12H16N2O2S2. The van der Waals surface area contributed by atoms with Crippen LogP contribution >= 0.6 is 23.5 Å². The van der Waals surface area contributed by atoms with Crippen LogP contribution in [0.25, 0.3) is 0 Å². The van der Waals surface area contributed by atoms with Gasteiger partial charge in [0.05, 0.1) is 11.4 Å². The second-order valence-corrected chi connectivity index (χ2v) is 5.98. The minimum atomic E-state index is -0.181. The zero-order valence-corrected chi connectivity index (χ0v) is 12.6. The molecule has 0 atom stereocenters. The first-order valence-electron chi connectivity index (χ1n) is 5.60. The van der Waals surface area contributed by atoms with E-state index in [0.29, 0.717) is 11.1 Å². The number of rotatable bonds is 4. The van der Waals surface area contributed by atoms with Gasteiger partial charge in [0.1, 0.15) is 0 Å². The van der Waals surface area contributed by atoms with Crippen molar-refractivity contribution in [2.24, 2.45) is 0 Å². The Morgan fingerprint density at radius 1 is 0.833 bits per heavy atom. The quantitative estimate of drug-likeness (QED) is 0.854. The highest BCUT2D eigenvalue weighted by Gasteiger charge is 2.21. The van der Waals surface area contributed by atoms with E-state index in [1.54, 1.807) is 37.4 Å². The van der Waals surface area contributed by atoms with Crippen LogP contribution < -0.4 is 11.1 Å². The van der Waals surface area contributed by atoms with Gasteiger partial charge in [-0.25, -0.2) is 4.52 Å². The van der Waals surface area contributed by atoms with Crippen molar-refractivity contribution in [2.45, 2.75) is 25.4 Å². The fourth-order valence-electron chi connectivity index (χ4n) is 2.17. The summed E-state index contributed by atoms with van der Waals surface area (Å²) in [5.74, 6) is 1.49. The van der Waals surface area contributed by atoms with Gasteiger partial charge < -0.3 is 0 Å². The molecule has 0 N–H and O–H groups in total. The van der Waals surface area contributed by atoms with Crippen molar-refractivity contribution in [2.75, 3.05) is 12.5 Å². The summed E-state index contributed by atoms with van der Waals surface area (Å²) in [7, 11) is 0. The Bertz CT molecular complexity index is 632. The Labute approximate surface area is 114 Å². The third kappa shape index (κ3) is 1.78. The lowest BCUT2D eigenvalue weighted by Gasteiger charge is -2.04. The minimum Gasteiger partial charge on any atom is -0.267 e. The van der Waals surface area contributed by atoms with Gasteiger partial charge >= 0.3 is 0 Å². The SMILES string of the molecule is CSCc1c(C)c(=O)n2c(=O)c(C)c(CSC)n12. The number of hydrogen-bond donors (Lipinski definition) is 0. The highest BCUT2D eigenvalue weighted by atomic mass is 32.2. The van der Waals surface area contributed by atoms with Crippen molar-refractivity contribution in [3.8, 4) is 0 Å². The fourth-order valence-corrected chi connectivity index (χ4v) is 3.40. The van der Waals surface area contributed by atoms with E-state index in [9.17, 15) is 9.59 Å². The molecule has 0 saturated carbocycles. The van der Waals surface area contributed by atoms with Crippen molar-refractivity contribution in [1.29, 1.82) is 0 Å². The van der Waals surface area contributed by atoms with E-state index in [1.165, 1.54) is 4.52 Å². The smallest absolute Gasteiger partial charge is 0.267 e. The van der Waals surface area contributed by atoms with E-state index in [2.05, 4.69) is 0 Å². The van der Waals surface area contributed by atoms with Gasteiger partial charge in [0.15, 0.2) is 0 Å². The molecule has 2 heterocycles. The molecule has 0 bridgehead atoms. The maximum Gasteiger partial charge on any atom is 0.277 e.